The smallest absolute Gasteiger partial charge is 0.277 e. The minimum Gasteiger partial charge on any atom is -0.289 e. The van der Waals surface area contributed by atoms with E-state index in [1.165, 1.54) is 4.68 Å². The molecule has 0 aliphatic carbocycles. The maximum absolute atomic E-state index is 12.6. The fourth-order valence-corrected chi connectivity index (χ4v) is 3.30. The van der Waals surface area contributed by atoms with Gasteiger partial charge >= 0.3 is 0 Å². The number of halogens is 1. The van der Waals surface area contributed by atoms with Crippen LogP contribution in [-0.4, -0.2) is 25.3 Å². The highest BCUT2D eigenvalue weighted by molar-refractivity contribution is 6.30. The summed E-state index contributed by atoms with van der Waals surface area (Å²) in [6.45, 7) is 2.29. The molecule has 0 aliphatic rings. The van der Waals surface area contributed by atoms with Gasteiger partial charge in [0.25, 0.3) is 5.56 Å². The highest BCUT2D eigenvalue weighted by Crippen LogP contribution is 2.17. The van der Waals surface area contributed by atoms with Crippen molar-refractivity contribution in [2.24, 2.45) is 7.05 Å². The molecule has 0 N–H and O–H groups in total. The monoisotopic (exact) mass is 392 g/mol. The molecule has 2 heterocycles. The van der Waals surface area contributed by atoms with E-state index in [1.807, 2.05) is 19.1 Å². The molecule has 0 unspecified atom stereocenters. The zero-order chi connectivity index (χ0) is 19.8. The largest absolute Gasteiger partial charge is 0.289 e. The maximum Gasteiger partial charge on any atom is 0.277 e. The average molecular weight is 393 g/mol. The molecule has 7 heteroatoms. The molecule has 0 saturated carbocycles. The number of ketones is 1. The fourth-order valence-electron chi connectivity index (χ4n) is 3.17. The van der Waals surface area contributed by atoms with E-state index in [2.05, 4.69) is 10.2 Å². The third kappa shape index (κ3) is 3.23. The summed E-state index contributed by atoms with van der Waals surface area (Å²) < 4.78 is 3.06. The number of hydrogen-bond donors (Lipinski definition) is 0. The minimum atomic E-state index is -0.162. The lowest BCUT2D eigenvalue weighted by molar-refractivity contribution is 0.103. The van der Waals surface area contributed by atoms with E-state index < -0.39 is 0 Å². The van der Waals surface area contributed by atoms with Crippen molar-refractivity contribution < 1.29 is 4.79 Å². The fraction of sp³-hybridized carbons (Fsp3) is 0.143. The molecule has 0 atom stereocenters. The Labute approximate surface area is 166 Å². The van der Waals surface area contributed by atoms with Crippen LogP contribution in [0, 0.1) is 6.92 Å². The van der Waals surface area contributed by atoms with Gasteiger partial charge in [-0.05, 0) is 36.8 Å². The van der Waals surface area contributed by atoms with E-state index in [1.54, 1.807) is 54.3 Å². The zero-order valence-corrected chi connectivity index (χ0v) is 16.1. The Morgan fingerprint density at radius 2 is 1.64 bits per heavy atom. The first-order valence-corrected chi connectivity index (χ1v) is 9.10. The highest BCUT2D eigenvalue weighted by atomic mass is 35.5. The van der Waals surface area contributed by atoms with E-state index in [9.17, 15) is 9.59 Å². The standard InChI is InChI=1S/C21H17ClN4O2/c1-13-19-18(11-23-25(2)21(19)28)26(24-13)12-14-3-5-15(6-4-14)20(27)16-7-9-17(22)10-8-16/h3-11H,12H2,1-2H3. The summed E-state index contributed by atoms with van der Waals surface area (Å²) in [6.07, 6.45) is 1.65. The van der Waals surface area contributed by atoms with E-state index in [0.717, 1.165) is 5.56 Å². The molecule has 0 radical (unpaired) electrons. The van der Waals surface area contributed by atoms with Crippen molar-refractivity contribution in [1.29, 1.82) is 0 Å². The van der Waals surface area contributed by atoms with Crippen molar-refractivity contribution in [2.75, 3.05) is 0 Å². The Balaban J connectivity index is 1.61. The summed E-state index contributed by atoms with van der Waals surface area (Å²) in [6, 6.07) is 14.2. The van der Waals surface area contributed by atoms with Gasteiger partial charge in [0, 0.05) is 23.2 Å². The maximum atomic E-state index is 12.6. The van der Waals surface area contributed by atoms with Crippen LogP contribution in [-0.2, 0) is 13.6 Å². The van der Waals surface area contributed by atoms with E-state index >= 15 is 0 Å². The summed E-state index contributed by atoms with van der Waals surface area (Å²) in [5, 5.41) is 9.74. The quantitative estimate of drug-likeness (QED) is 0.499. The molecule has 0 fully saturated rings. The second-order valence-electron chi connectivity index (χ2n) is 6.61. The number of hydrogen-bond acceptors (Lipinski definition) is 4. The zero-order valence-electron chi connectivity index (χ0n) is 15.4. The molecule has 4 rings (SSSR count). The van der Waals surface area contributed by atoms with Gasteiger partial charge in [0.1, 0.15) is 0 Å². The Bertz CT molecular complexity index is 1240. The molecule has 2 aromatic carbocycles. The Hall–Kier alpha value is -3.25. The van der Waals surface area contributed by atoms with Crippen LogP contribution >= 0.6 is 11.6 Å². The summed E-state index contributed by atoms with van der Waals surface area (Å²) in [7, 11) is 1.62. The third-order valence-corrected chi connectivity index (χ3v) is 4.93. The number of rotatable bonds is 4. The summed E-state index contributed by atoms with van der Waals surface area (Å²) in [5.41, 5.74) is 3.37. The van der Waals surface area contributed by atoms with Crippen molar-refractivity contribution in [1.82, 2.24) is 19.6 Å². The lowest BCUT2D eigenvalue weighted by Gasteiger charge is -2.06. The lowest BCUT2D eigenvalue weighted by Crippen LogP contribution is -2.19. The van der Waals surface area contributed by atoms with Crippen molar-refractivity contribution in [3.63, 3.8) is 0 Å². The van der Waals surface area contributed by atoms with Crippen LogP contribution < -0.4 is 5.56 Å². The van der Waals surface area contributed by atoms with Crippen molar-refractivity contribution in [3.8, 4) is 0 Å². The summed E-state index contributed by atoms with van der Waals surface area (Å²) >= 11 is 5.88. The predicted molar refractivity (Wildman–Crippen MR) is 108 cm³/mol. The van der Waals surface area contributed by atoms with Gasteiger partial charge in [0.15, 0.2) is 5.78 Å². The second-order valence-corrected chi connectivity index (χ2v) is 7.05. The molecule has 6 nitrogen and oxygen atoms in total. The van der Waals surface area contributed by atoms with Crippen LogP contribution in [0.15, 0.2) is 59.5 Å². The normalized spacial score (nSPS) is 11.1. The van der Waals surface area contributed by atoms with Gasteiger partial charge < -0.3 is 0 Å². The highest BCUT2D eigenvalue weighted by Gasteiger charge is 2.13. The molecule has 140 valence electrons. The first-order chi connectivity index (χ1) is 13.4. The van der Waals surface area contributed by atoms with Crippen molar-refractivity contribution in [2.45, 2.75) is 13.5 Å². The molecule has 4 aromatic rings. The number of benzene rings is 2. The molecule has 0 aliphatic heterocycles. The van der Waals surface area contributed by atoms with Gasteiger partial charge in [0.05, 0.1) is 29.3 Å². The van der Waals surface area contributed by atoms with E-state index in [-0.39, 0.29) is 11.3 Å². The predicted octanol–water partition coefficient (Wildman–Crippen LogP) is 3.37. The Morgan fingerprint density at radius 1 is 1.04 bits per heavy atom. The van der Waals surface area contributed by atoms with Gasteiger partial charge in [-0.3, -0.25) is 14.3 Å². The molecular weight excluding hydrogens is 376 g/mol. The first-order valence-electron chi connectivity index (χ1n) is 8.72. The molecule has 2 aromatic heterocycles. The number of nitrogens with zero attached hydrogens (tertiary/aromatic N) is 4. The molecule has 0 spiro atoms. The Kier molecular flexibility index (Phi) is 4.57. The van der Waals surface area contributed by atoms with Crippen LogP contribution in [0.3, 0.4) is 0 Å². The van der Waals surface area contributed by atoms with Crippen LogP contribution in [0.1, 0.15) is 27.2 Å². The van der Waals surface area contributed by atoms with Crippen molar-refractivity contribution >= 4 is 28.3 Å². The first kappa shape index (κ1) is 18.1. The van der Waals surface area contributed by atoms with Crippen LogP contribution in [0.4, 0.5) is 0 Å². The van der Waals surface area contributed by atoms with Gasteiger partial charge in [-0.2, -0.15) is 10.2 Å². The molecule has 0 saturated heterocycles. The Morgan fingerprint density at radius 3 is 2.29 bits per heavy atom. The van der Waals surface area contributed by atoms with E-state index in [4.69, 9.17) is 11.6 Å². The molecule has 0 amide bonds. The average Bonchev–Trinajstić information content (AvgIpc) is 3.01. The summed E-state index contributed by atoms with van der Waals surface area (Å²) in [4.78, 5) is 24.9. The van der Waals surface area contributed by atoms with Gasteiger partial charge in [-0.1, -0.05) is 35.9 Å². The lowest BCUT2D eigenvalue weighted by atomic mass is 10.0. The number of carbonyl (C=O) groups is 1. The number of fused-ring (bicyclic) bond motifs is 1. The number of aromatic nitrogens is 4. The molecule has 28 heavy (non-hydrogen) atoms. The van der Waals surface area contributed by atoms with Gasteiger partial charge in [-0.15, -0.1) is 0 Å². The summed E-state index contributed by atoms with van der Waals surface area (Å²) in [5.74, 6) is -0.0590. The van der Waals surface area contributed by atoms with Crippen LogP contribution in [0.2, 0.25) is 5.02 Å². The number of aryl methyl sites for hydroxylation is 2. The SMILES string of the molecule is Cc1nn(Cc2ccc(C(=O)c3ccc(Cl)cc3)cc2)c2cnn(C)c(=O)c12. The minimum absolute atomic E-state index is 0.0590. The second kappa shape index (κ2) is 7.05. The van der Waals surface area contributed by atoms with Gasteiger partial charge in [-0.25, -0.2) is 4.68 Å². The van der Waals surface area contributed by atoms with Crippen LogP contribution in [0.25, 0.3) is 10.9 Å². The van der Waals surface area contributed by atoms with E-state index in [0.29, 0.717) is 39.3 Å². The number of carbonyl (C=O) groups excluding carboxylic acids is 1. The van der Waals surface area contributed by atoms with Crippen molar-refractivity contribution in [3.05, 3.63) is 92.5 Å². The van der Waals surface area contributed by atoms with Gasteiger partial charge in [0.2, 0.25) is 0 Å². The topological polar surface area (TPSA) is 69.8 Å². The third-order valence-electron chi connectivity index (χ3n) is 4.68. The molecule has 0 bridgehead atoms. The van der Waals surface area contributed by atoms with Crippen LogP contribution in [0.5, 0.6) is 0 Å². The molecular formula is C21H17ClN4O2.